The molecule has 0 radical (unpaired) electrons. The molecule has 1 aromatic heterocycles. The predicted octanol–water partition coefficient (Wildman–Crippen LogP) is 3.16. The van der Waals surface area contributed by atoms with E-state index in [1.807, 2.05) is 24.3 Å². The molecule has 23 heavy (non-hydrogen) atoms. The largest absolute Gasteiger partial charge is 0.497 e. The van der Waals surface area contributed by atoms with E-state index in [4.69, 9.17) is 4.74 Å². The first-order chi connectivity index (χ1) is 11.0. The number of nitrogens with zero attached hydrogens (tertiary/aromatic N) is 3. The number of rotatable bonds is 7. The van der Waals surface area contributed by atoms with E-state index >= 15 is 0 Å². The molecule has 1 amide bonds. The molecule has 0 aliphatic heterocycles. The van der Waals surface area contributed by atoms with Crippen molar-refractivity contribution >= 4 is 23.4 Å². The van der Waals surface area contributed by atoms with Crippen LogP contribution in [0.4, 0.5) is 5.69 Å². The molecule has 1 aromatic carbocycles. The smallest absolute Gasteiger partial charge is 0.234 e. The third-order valence-electron chi connectivity index (χ3n) is 3.28. The Morgan fingerprint density at radius 3 is 2.57 bits per heavy atom. The van der Waals surface area contributed by atoms with Gasteiger partial charge in [0.15, 0.2) is 5.16 Å². The zero-order valence-corrected chi connectivity index (χ0v) is 14.7. The fourth-order valence-electron chi connectivity index (χ4n) is 2.13. The van der Waals surface area contributed by atoms with Gasteiger partial charge in [-0.3, -0.25) is 4.79 Å². The quantitative estimate of drug-likeness (QED) is 0.788. The molecule has 0 fully saturated rings. The van der Waals surface area contributed by atoms with Gasteiger partial charge in [0.05, 0.1) is 12.9 Å². The van der Waals surface area contributed by atoms with Crippen LogP contribution >= 0.6 is 11.8 Å². The normalized spacial score (nSPS) is 10.8. The number of anilines is 1. The molecular formula is C16H22N4O2S. The van der Waals surface area contributed by atoms with Crippen LogP contribution in [0.25, 0.3) is 0 Å². The van der Waals surface area contributed by atoms with Gasteiger partial charge in [-0.1, -0.05) is 25.6 Å². The minimum Gasteiger partial charge on any atom is -0.497 e. The summed E-state index contributed by atoms with van der Waals surface area (Å²) in [6.45, 7) is 7.02. The van der Waals surface area contributed by atoms with Gasteiger partial charge in [0.2, 0.25) is 5.91 Å². The maximum absolute atomic E-state index is 12.1. The van der Waals surface area contributed by atoms with E-state index in [0.717, 1.165) is 29.0 Å². The molecule has 1 heterocycles. The summed E-state index contributed by atoms with van der Waals surface area (Å²) in [4.78, 5) is 12.1. The number of hydrogen-bond acceptors (Lipinski definition) is 5. The van der Waals surface area contributed by atoms with Crippen LogP contribution in [0.5, 0.6) is 5.75 Å². The van der Waals surface area contributed by atoms with Gasteiger partial charge in [0, 0.05) is 18.2 Å². The first kappa shape index (κ1) is 17.3. The molecule has 0 atom stereocenters. The van der Waals surface area contributed by atoms with Crippen LogP contribution in [0.3, 0.4) is 0 Å². The van der Waals surface area contributed by atoms with Gasteiger partial charge in [0.1, 0.15) is 11.6 Å². The molecule has 0 saturated carbocycles. The zero-order chi connectivity index (χ0) is 16.8. The number of carbonyl (C=O) groups excluding carboxylic acids is 1. The number of ether oxygens (including phenoxy) is 1. The molecule has 2 rings (SSSR count). The van der Waals surface area contributed by atoms with E-state index < -0.39 is 0 Å². The Kier molecular flexibility index (Phi) is 6.04. The van der Waals surface area contributed by atoms with Crippen LogP contribution in [0.1, 0.15) is 32.5 Å². The molecule has 7 heteroatoms. The minimum atomic E-state index is -0.0723. The Morgan fingerprint density at radius 1 is 1.30 bits per heavy atom. The zero-order valence-electron chi connectivity index (χ0n) is 13.9. The Labute approximate surface area is 140 Å². The Bertz CT molecular complexity index is 653. The molecule has 1 N–H and O–H groups in total. The summed E-state index contributed by atoms with van der Waals surface area (Å²) >= 11 is 1.40. The molecule has 0 aliphatic rings. The standard InChI is InChI=1S/C16H22N4O2S/c1-5-20-15(11(2)3)18-19-16(20)23-10-14(21)17-12-6-8-13(22-4)9-7-12/h6-9,11H,5,10H2,1-4H3,(H,17,21). The lowest BCUT2D eigenvalue weighted by atomic mass is 10.2. The number of aromatic nitrogens is 3. The van der Waals surface area contributed by atoms with Crippen molar-refractivity contribution in [3.8, 4) is 5.75 Å². The van der Waals surface area contributed by atoms with Crippen molar-refractivity contribution in [1.82, 2.24) is 14.8 Å². The van der Waals surface area contributed by atoms with Gasteiger partial charge in [-0.25, -0.2) is 0 Å². The summed E-state index contributed by atoms with van der Waals surface area (Å²) < 4.78 is 7.14. The number of nitrogens with one attached hydrogen (secondary N) is 1. The summed E-state index contributed by atoms with van der Waals surface area (Å²) in [6.07, 6.45) is 0. The Hall–Kier alpha value is -2.02. The number of amides is 1. The molecule has 6 nitrogen and oxygen atoms in total. The summed E-state index contributed by atoms with van der Waals surface area (Å²) in [5.41, 5.74) is 0.747. The van der Waals surface area contributed by atoms with E-state index in [9.17, 15) is 4.79 Å². The fraction of sp³-hybridized carbons (Fsp3) is 0.438. The predicted molar refractivity (Wildman–Crippen MR) is 92.1 cm³/mol. The van der Waals surface area contributed by atoms with Gasteiger partial charge < -0.3 is 14.6 Å². The molecule has 0 saturated heterocycles. The summed E-state index contributed by atoms with van der Waals surface area (Å²) in [5, 5.41) is 12.0. The van der Waals surface area contributed by atoms with Crippen molar-refractivity contribution in [2.24, 2.45) is 0 Å². The second-order valence-electron chi connectivity index (χ2n) is 5.31. The van der Waals surface area contributed by atoms with Crippen LogP contribution in [-0.2, 0) is 11.3 Å². The van der Waals surface area contributed by atoms with Gasteiger partial charge >= 0.3 is 0 Å². The summed E-state index contributed by atoms with van der Waals surface area (Å²) in [7, 11) is 1.61. The van der Waals surface area contributed by atoms with E-state index in [1.54, 1.807) is 7.11 Å². The fourth-order valence-corrected chi connectivity index (χ4v) is 2.94. The number of benzene rings is 1. The maximum Gasteiger partial charge on any atom is 0.234 e. The number of carbonyl (C=O) groups is 1. The molecular weight excluding hydrogens is 312 g/mol. The van der Waals surface area contributed by atoms with Gasteiger partial charge in [0.25, 0.3) is 0 Å². The lowest BCUT2D eigenvalue weighted by Gasteiger charge is -2.09. The number of thioether (sulfide) groups is 1. The SMILES string of the molecule is CCn1c(SCC(=O)Nc2ccc(OC)cc2)nnc1C(C)C. The van der Waals surface area contributed by atoms with Crippen LogP contribution < -0.4 is 10.1 Å². The average molecular weight is 334 g/mol. The van der Waals surface area contributed by atoms with Crippen molar-refractivity contribution in [2.45, 2.75) is 38.4 Å². The molecule has 2 aromatic rings. The van der Waals surface area contributed by atoms with Gasteiger partial charge in [-0.2, -0.15) is 0 Å². The first-order valence-electron chi connectivity index (χ1n) is 7.55. The van der Waals surface area contributed by atoms with Crippen molar-refractivity contribution in [2.75, 3.05) is 18.2 Å². The van der Waals surface area contributed by atoms with Crippen LogP contribution in [0.2, 0.25) is 0 Å². The average Bonchev–Trinajstić information content (AvgIpc) is 2.97. The molecule has 0 aliphatic carbocycles. The Balaban J connectivity index is 1.93. The lowest BCUT2D eigenvalue weighted by Crippen LogP contribution is -2.14. The van der Waals surface area contributed by atoms with Crippen LogP contribution in [0, 0.1) is 0 Å². The lowest BCUT2D eigenvalue weighted by molar-refractivity contribution is -0.113. The van der Waals surface area contributed by atoms with Crippen molar-refractivity contribution in [3.63, 3.8) is 0 Å². The van der Waals surface area contributed by atoms with Gasteiger partial charge in [-0.05, 0) is 31.2 Å². The highest BCUT2D eigenvalue weighted by Gasteiger charge is 2.15. The second kappa shape index (κ2) is 8.01. The van der Waals surface area contributed by atoms with E-state index in [0.29, 0.717) is 11.7 Å². The first-order valence-corrected chi connectivity index (χ1v) is 8.53. The van der Waals surface area contributed by atoms with Crippen LogP contribution in [0.15, 0.2) is 29.4 Å². The van der Waals surface area contributed by atoms with Crippen molar-refractivity contribution in [1.29, 1.82) is 0 Å². The van der Waals surface area contributed by atoms with Gasteiger partial charge in [-0.15, -0.1) is 10.2 Å². The van der Waals surface area contributed by atoms with Crippen molar-refractivity contribution in [3.05, 3.63) is 30.1 Å². The molecule has 0 spiro atoms. The summed E-state index contributed by atoms with van der Waals surface area (Å²) in [5.74, 6) is 2.24. The molecule has 124 valence electrons. The van der Waals surface area contributed by atoms with Crippen molar-refractivity contribution < 1.29 is 9.53 Å². The summed E-state index contributed by atoms with van der Waals surface area (Å²) in [6, 6.07) is 7.25. The van der Waals surface area contributed by atoms with E-state index in [2.05, 4.69) is 40.9 Å². The highest BCUT2D eigenvalue weighted by Crippen LogP contribution is 2.21. The highest BCUT2D eigenvalue weighted by atomic mass is 32.2. The van der Waals surface area contributed by atoms with Crippen LogP contribution in [-0.4, -0.2) is 33.5 Å². The maximum atomic E-state index is 12.1. The topological polar surface area (TPSA) is 69.0 Å². The third kappa shape index (κ3) is 4.48. The highest BCUT2D eigenvalue weighted by molar-refractivity contribution is 7.99. The second-order valence-corrected chi connectivity index (χ2v) is 6.25. The van der Waals surface area contributed by atoms with E-state index in [1.165, 1.54) is 11.8 Å². The Morgan fingerprint density at radius 2 is 2.00 bits per heavy atom. The monoisotopic (exact) mass is 334 g/mol. The molecule has 0 unspecified atom stereocenters. The molecule has 0 bridgehead atoms. The number of methoxy groups -OCH3 is 1. The minimum absolute atomic E-state index is 0.0723. The van der Waals surface area contributed by atoms with E-state index in [-0.39, 0.29) is 5.91 Å². The number of hydrogen-bond donors (Lipinski definition) is 1. The third-order valence-corrected chi connectivity index (χ3v) is 4.25.